The molecule has 0 fully saturated rings. The highest BCUT2D eigenvalue weighted by Crippen LogP contribution is 2.23. The van der Waals surface area contributed by atoms with Gasteiger partial charge in [0, 0.05) is 25.0 Å². The summed E-state index contributed by atoms with van der Waals surface area (Å²) in [5.41, 5.74) is 2.70. The summed E-state index contributed by atoms with van der Waals surface area (Å²) >= 11 is 6.35. The zero-order valence-electron chi connectivity index (χ0n) is 13.0. The second-order valence-corrected chi connectivity index (χ2v) is 6.91. The van der Waals surface area contributed by atoms with Gasteiger partial charge in [0.15, 0.2) is 0 Å². The molecule has 0 aliphatic carbocycles. The maximum Gasteiger partial charge on any atom is 0.0625 e. The van der Waals surface area contributed by atoms with Gasteiger partial charge in [0.05, 0.1) is 11.4 Å². The predicted molar refractivity (Wildman–Crippen MR) is 82.7 cm³/mol. The number of hydrogen-bond acceptors (Lipinski definition) is 2. The first-order valence-electron chi connectivity index (χ1n) is 7.26. The van der Waals surface area contributed by atoms with Crippen LogP contribution in [0, 0.1) is 5.41 Å². The quantitative estimate of drug-likeness (QED) is 0.776. The molecule has 1 aromatic rings. The molecule has 0 aliphatic rings. The van der Waals surface area contributed by atoms with E-state index in [1.807, 2.05) is 0 Å². The third-order valence-electron chi connectivity index (χ3n) is 3.08. The van der Waals surface area contributed by atoms with Crippen LogP contribution < -0.4 is 5.32 Å². The second-order valence-electron chi connectivity index (χ2n) is 6.29. The topological polar surface area (TPSA) is 29.9 Å². The van der Waals surface area contributed by atoms with Crippen LogP contribution in [-0.4, -0.2) is 21.7 Å². The fourth-order valence-electron chi connectivity index (χ4n) is 2.20. The molecule has 0 saturated carbocycles. The highest BCUT2D eigenvalue weighted by Gasteiger charge is 2.16. The van der Waals surface area contributed by atoms with Crippen LogP contribution in [-0.2, 0) is 19.5 Å². The lowest BCUT2D eigenvalue weighted by Crippen LogP contribution is -2.27. The SMILES string of the molecule is CCc1cc(CNCC(Cl)CC(C)(C)C)n(CC)n1. The molecule has 19 heavy (non-hydrogen) atoms. The Morgan fingerprint density at radius 3 is 2.58 bits per heavy atom. The van der Waals surface area contributed by atoms with Crippen molar-refractivity contribution in [2.45, 2.75) is 65.9 Å². The molecule has 4 heteroatoms. The maximum absolute atomic E-state index is 6.35. The number of alkyl halides is 1. The Morgan fingerprint density at radius 1 is 1.37 bits per heavy atom. The van der Waals surface area contributed by atoms with E-state index in [9.17, 15) is 0 Å². The second kappa shape index (κ2) is 7.30. The van der Waals surface area contributed by atoms with Crippen molar-refractivity contribution >= 4 is 11.6 Å². The van der Waals surface area contributed by atoms with Crippen LogP contribution in [0.5, 0.6) is 0 Å². The Hall–Kier alpha value is -0.540. The number of nitrogens with one attached hydrogen (secondary N) is 1. The number of aryl methyl sites for hydroxylation is 2. The minimum atomic E-state index is 0.184. The first-order chi connectivity index (χ1) is 8.85. The third-order valence-corrected chi connectivity index (χ3v) is 3.39. The van der Waals surface area contributed by atoms with Gasteiger partial charge in [0.1, 0.15) is 0 Å². The monoisotopic (exact) mass is 285 g/mol. The van der Waals surface area contributed by atoms with Gasteiger partial charge in [-0.1, -0.05) is 27.7 Å². The van der Waals surface area contributed by atoms with Gasteiger partial charge in [-0.05, 0) is 31.2 Å². The molecule has 0 aliphatic heterocycles. The lowest BCUT2D eigenvalue weighted by molar-refractivity contribution is 0.364. The van der Waals surface area contributed by atoms with Crippen LogP contribution in [0.25, 0.3) is 0 Å². The van der Waals surface area contributed by atoms with E-state index in [-0.39, 0.29) is 10.8 Å². The number of nitrogens with zero attached hydrogens (tertiary/aromatic N) is 2. The highest BCUT2D eigenvalue weighted by molar-refractivity contribution is 6.20. The first kappa shape index (κ1) is 16.5. The van der Waals surface area contributed by atoms with Gasteiger partial charge in [0.2, 0.25) is 0 Å². The molecule has 110 valence electrons. The largest absolute Gasteiger partial charge is 0.310 e. The molecule has 1 aromatic heterocycles. The van der Waals surface area contributed by atoms with Crippen molar-refractivity contribution in [1.29, 1.82) is 0 Å². The zero-order chi connectivity index (χ0) is 14.5. The van der Waals surface area contributed by atoms with Crippen molar-refractivity contribution in [2.24, 2.45) is 5.41 Å². The van der Waals surface area contributed by atoms with Crippen molar-refractivity contribution in [3.63, 3.8) is 0 Å². The van der Waals surface area contributed by atoms with E-state index >= 15 is 0 Å². The van der Waals surface area contributed by atoms with Gasteiger partial charge in [-0.25, -0.2) is 0 Å². The summed E-state index contributed by atoms with van der Waals surface area (Å²) in [4.78, 5) is 0. The summed E-state index contributed by atoms with van der Waals surface area (Å²) < 4.78 is 2.07. The predicted octanol–water partition coefficient (Wildman–Crippen LogP) is 3.60. The minimum absolute atomic E-state index is 0.184. The van der Waals surface area contributed by atoms with Crippen LogP contribution in [0.15, 0.2) is 6.07 Å². The molecular formula is C15H28ClN3. The Kier molecular flexibility index (Phi) is 6.34. The van der Waals surface area contributed by atoms with Crippen LogP contribution in [0.4, 0.5) is 0 Å². The van der Waals surface area contributed by atoms with Crippen LogP contribution in [0.3, 0.4) is 0 Å². The third kappa shape index (κ3) is 5.96. The van der Waals surface area contributed by atoms with Crippen molar-refractivity contribution in [1.82, 2.24) is 15.1 Å². The number of hydrogen-bond donors (Lipinski definition) is 1. The van der Waals surface area contributed by atoms with E-state index in [1.165, 1.54) is 5.69 Å². The molecule has 3 nitrogen and oxygen atoms in total. The number of rotatable bonds is 7. The number of aromatic nitrogens is 2. The molecule has 1 N–H and O–H groups in total. The smallest absolute Gasteiger partial charge is 0.0625 e. The normalized spacial score (nSPS) is 13.8. The maximum atomic E-state index is 6.35. The average Bonchev–Trinajstić information content (AvgIpc) is 2.69. The molecule has 0 spiro atoms. The van der Waals surface area contributed by atoms with Gasteiger partial charge >= 0.3 is 0 Å². The van der Waals surface area contributed by atoms with Crippen LogP contribution >= 0.6 is 11.6 Å². The van der Waals surface area contributed by atoms with E-state index < -0.39 is 0 Å². The molecule has 0 radical (unpaired) electrons. The summed E-state index contributed by atoms with van der Waals surface area (Å²) in [7, 11) is 0. The summed E-state index contributed by atoms with van der Waals surface area (Å²) in [6, 6.07) is 2.18. The molecule has 1 heterocycles. The molecule has 0 bridgehead atoms. The number of halogens is 1. The Labute approximate surface area is 122 Å². The lowest BCUT2D eigenvalue weighted by Gasteiger charge is -2.22. The van der Waals surface area contributed by atoms with E-state index in [1.54, 1.807) is 0 Å². The van der Waals surface area contributed by atoms with Crippen molar-refractivity contribution in [3.05, 3.63) is 17.5 Å². The van der Waals surface area contributed by atoms with E-state index in [0.29, 0.717) is 0 Å². The molecule has 0 amide bonds. The van der Waals surface area contributed by atoms with Gasteiger partial charge in [-0.2, -0.15) is 5.10 Å². The van der Waals surface area contributed by atoms with Gasteiger partial charge in [-0.3, -0.25) is 4.68 Å². The van der Waals surface area contributed by atoms with Crippen molar-refractivity contribution < 1.29 is 0 Å². The minimum Gasteiger partial charge on any atom is -0.310 e. The van der Waals surface area contributed by atoms with Crippen molar-refractivity contribution in [2.75, 3.05) is 6.54 Å². The Bertz CT molecular complexity index is 379. The van der Waals surface area contributed by atoms with E-state index in [4.69, 9.17) is 11.6 Å². The standard InChI is InChI=1S/C15H28ClN3/c1-6-13-8-14(19(7-2)18-13)11-17-10-12(16)9-15(3,4)5/h8,12,17H,6-7,9-11H2,1-5H3. The molecule has 0 saturated heterocycles. The molecule has 1 rings (SSSR count). The highest BCUT2D eigenvalue weighted by atomic mass is 35.5. The fourth-order valence-corrected chi connectivity index (χ4v) is 2.77. The van der Waals surface area contributed by atoms with Crippen molar-refractivity contribution in [3.8, 4) is 0 Å². The Morgan fingerprint density at radius 2 is 2.05 bits per heavy atom. The summed E-state index contributed by atoms with van der Waals surface area (Å²) in [5.74, 6) is 0. The average molecular weight is 286 g/mol. The Balaban J connectivity index is 2.42. The lowest BCUT2D eigenvalue weighted by atomic mass is 9.90. The molecular weight excluding hydrogens is 258 g/mol. The van der Waals surface area contributed by atoms with Crippen LogP contribution in [0.1, 0.15) is 52.4 Å². The van der Waals surface area contributed by atoms with Gasteiger partial charge < -0.3 is 5.32 Å². The van der Waals surface area contributed by atoms with Crippen LogP contribution in [0.2, 0.25) is 0 Å². The van der Waals surface area contributed by atoms with Gasteiger partial charge in [-0.15, -0.1) is 11.6 Å². The molecule has 1 unspecified atom stereocenters. The van der Waals surface area contributed by atoms with Gasteiger partial charge in [0.25, 0.3) is 0 Å². The summed E-state index contributed by atoms with van der Waals surface area (Å²) in [5, 5.41) is 8.18. The molecule has 1 atom stereocenters. The summed E-state index contributed by atoms with van der Waals surface area (Å²) in [6.07, 6.45) is 2.01. The first-order valence-corrected chi connectivity index (χ1v) is 7.69. The van der Waals surface area contributed by atoms with E-state index in [2.05, 4.69) is 55.8 Å². The molecule has 0 aromatic carbocycles. The summed E-state index contributed by atoms with van der Waals surface area (Å²) in [6.45, 7) is 13.5. The fraction of sp³-hybridized carbons (Fsp3) is 0.800. The zero-order valence-corrected chi connectivity index (χ0v) is 13.7. The van der Waals surface area contributed by atoms with E-state index in [0.717, 1.165) is 38.2 Å².